The molecular formula is C19H26N2. The molecule has 0 aliphatic rings. The van der Waals surface area contributed by atoms with Gasteiger partial charge in [0, 0.05) is 24.5 Å². The van der Waals surface area contributed by atoms with Crippen molar-refractivity contribution in [2.45, 2.75) is 33.1 Å². The van der Waals surface area contributed by atoms with Gasteiger partial charge in [-0.05, 0) is 54.7 Å². The summed E-state index contributed by atoms with van der Waals surface area (Å²) in [4.78, 5) is 0. The van der Waals surface area contributed by atoms with Crippen molar-refractivity contribution in [2.75, 3.05) is 23.7 Å². The molecule has 112 valence electrons. The van der Waals surface area contributed by atoms with Crippen molar-refractivity contribution in [1.82, 2.24) is 0 Å². The first-order chi connectivity index (χ1) is 10.3. The van der Waals surface area contributed by atoms with E-state index < -0.39 is 0 Å². The molecule has 0 aromatic heterocycles. The number of anilines is 2. The van der Waals surface area contributed by atoms with Gasteiger partial charge in [-0.1, -0.05) is 38.1 Å². The lowest BCUT2D eigenvalue weighted by Gasteiger charge is -2.10. The molecule has 2 aromatic carbocycles. The van der Waals surface area contributed by atoms with Crippen LogP contribution < -0.4 is 10.6 Å². The van der Waals surface area contributed by atoms with Crippen LogP contribution in [-0.4, -0.2) is 13.1 Å². The molecule has 2 rings (SSSR count). The molecule has 0 bridgehead atoms. The summed E-state index contributed by atoms with van der Waals surface area (Å²) in [6, 6.07) is 17.3. The first kappa shape index (κ1) is 15.4. The monoisotopic (exact) mass is 282 g/mol. The van der Waals surface area contributed by atoms with Gasteiger partial charge in [-0.3, -0.25) is 0 Å². The van der Waals surface area contributed by atoms with E-state index in [2.05, 4.69) is 73.0 Å². The highest BCUT2D eigenvalue weighted by molar-refractivity contribution is 5.46. The normalized spacial score (nSPS) is 10.4. The number of hydrogen-bond acceptors (Lipinski definition) is 2. The Kier molecular flexibility index (Phi) is 6.14. The van der Waals surface area contributed by atoms with Crippen LogP contribution in [0.4, 0.5) is 11.4 Å². The Bertz CT molecular complexity index is 499. The average molecular weight is 282 g/mol. The highest BCUT2D eigenvalue weighted by atomic mass is 14.9. The van der Waals surface area contributed by atoms with E-state index in [1.807, 2.05) is 0 Å². The molecule has 0 saturated heterocycles. The second kappa shape index (κ2) is 8.35. The van der Waals surface area contributed by atoms with E-state index in [4.69, 9.17) is 0 Å². The van der Waals surface area contributed by atoms with Gasteiger partial charge >= 0.3 is 0 Å². The predicted octanol–water partition coefficient (Wildman–Crippen LogP) is 4.73. The fraction of sp³-hybridized carbons (Fsp3) is 0.368. The molecule has 0 fully saturated rings. The van der Waals surface area contributed by atoms with Crippen molar-refractivity contribution in [3.63, 3.8) is 0 Å². The molecule has 0 amide bonds. The van der Waals surface area contributed by atoms with E-state index in [-0.39, 0.29) is 0 Å². The molecule has 0 atom stereocenters. The molecular weight excluding hydrogens is 256 g/mol. The van der Waals surface area contributed by atoms with E-state index in [1.54, 1.807) is 0 Å². The average Bonchev–Trinajstić information content (AvgIpc) is 2.55. The van der Waals surface area contributed by atoms with Crippen LogP contribution in [0.25, 0.3) is 0 Å². The lowest BCUT2D eigenvalue weighted by atomic mass is 10.1. The predicted molar refractivity (Wildman–Crippen MR) is 93.2 cm³/mol. The highest BCUT2D eigenvalue weighted by Gasteiger charge is 1.96. The second-order valence-electron chi connectivity index (χ2n) is 5.31. The molecule has 0 saturated carbocycles. The lowest BCUT2D eigenvalue weighted by Crippen LogP contribution is -2.09. The first-order valence-electron chi connectivity index (χ1n) is 7.97. The maximum Gasteiger partial charge on any atom is 0.0342 e. The molecule has 2 heteroatoms. The highest BCUT2D eigenvalue weighted by Crippen LogP contribution is 2.12. The first-order valence-corrected chi connectivity index (χ1v) is 7.97. The molecule has 0 heterocycles. The van der Waals surface area contributed by atoms with Crippen molar-refractivity contribution in [1.29, 1.82) is 0 Å². The van der Waals surface area contributed by atoms with E-state index in [9.17, 15) is 0 Å². The smallest absolute Gasteiger partial charge is 0.0342 e. The van der Waals surface area contributed by atoms with Crippen LogP contribution >= 0.6 is 0 Å². The fourth-order valence-electron chi connectivity index (χ4n) is 2.36. The number of benzene rings is 2. The van der Waals surface area contributed by atoms with Crippen LogP contribution in [0.3, 0.4) is 0 Å². The fourth-order valence-corrected chi connectivity index (χ4v) is 2.36. The van der Waals surface area contributed by atoms with E-state index in [0.29, 0.717) is 0 Å². The maximum atomic E-state index is 3.49. The maximum absolute atomic E-state index is 3.49. The third-order valence-corrected chi connectivity index (χ3v) is 3.68. The number of nitrogens with one attached hydrogen (secondary N) is 2. The summed E-state index contributed by atoms with van der Waals surface area (Å²) in [7, 11) is 0. The second-order valence-corrected chi connectivity index (χ2v) is 5.31. The molecule has 0 aliphatic carbocycles. The standard InChI is InChI=1S/C19H26N2/c1-3-16-8-5-10-18(14-16)20-12-7-13-21-19-11-6-9-17(4-2)15-19/h5-6,8-11,14-15,20-21H,3-4,7,12-13H2,1-2H3. The summed E-state index contributed by atoms with van der Waals surface area (Å²) in [5.41, 5.74) is 5.22. The van der Waals surface area contributed by atoms with Crippen LogP contribution in [0.2, 0.25) is 0 Å². The summed E-state index contributed by atoms with van der Waals surface area (Å²) in [6.07, 6.45) is 3.28. The van der Waals surface area contributed by atoms with E-state index in [1.165, 1.54) is 22.5 Å². The van der Waals surface area contributed by atoms with Gasteiger partial charge in [0.2, 0.25) is 0 Å². The van der Waals surface area contributed by atoms with Crippen molar-refractivity contribution < 1.29 is 0 Å². The molecule has 0 aliphatic heterocycles. The van der Waals surface area contributed by atoms with Gasteiger partial charge in [-0.2, -0.15) is 0 Å². The SMILES string of the molecule is CCc1cccc(NCCCNc2cccc(CC)c2)c1. The third kappa shape index (κ3) is 5.14. The number of aryl methyl sites for hydroxylation is 2. The van der Waals surface area contributed by atoms with Crippen LogP contribution in [0.1, 0.15) is 31.4 Å². The topological polar surface area (TPSA) is 24.1 Å². The molecule has 2 N–H and O–H groups in total. The zero-order valence-corrected chi connectivity index (χ0v) is 13.2. The minimum atomic E-state index is 0.994. The molecule has 2 nitrogen and oxygen atoms in total. The molecule has 0 radical (unpaired) electrons. The van der Waals surface area contributed by atoms with Gasteiger partial charge < -0.3 is 10.6 Å². The van der Waals surface area contributed by atoms with Crippen LogP contribution in [0.5, 0.6) is 0 Å². The van der Waals surface area contributed by atoms with Crippen molar-refractivity contribution in [3.05, 3.63) is 59.7 Å². The summed E-state index contributed by atoms with van der Waals surface area (Å²) in [6.45, 7) is 6.36. The Morgan fingerprint density at radius 2 is 1.19 bits per heavy atom. The van der Waals surface area contributed by atoms with Gasteiger partial charge in [-0.25, -0.2) is 0 Å². The van der Waals surface area contributed by atoms with Gasteiger partial charge in [0.05, 0.1) is 0 Å². The Morgan fingerprint density at radius 3 is 1.62 bits per heavy atom. The van der Waals surface area contributed by atoms with Crippen LogP contribution in [0.15, 0.2) is 48.5 Å². The number of rotatable bonds is 8. The Morgan fingerprint density at radius 1 is 0.714 bits per heavy atom. The largest absolute Gasteiger partial charge is 0.385 e. The quantitative estimate of drug-likeness (QED) is 0.684. The summed E-state index contributed by atoms with van der Waals surface area (Å²) in [5, 5.41) is 6.98. The summed E-state index contributed by atoms with van der Waals surface area (Å²) >= 11 is 0. The van der Waals surface area contributed by atoms with E-state index in [0.717, 1.165) is 32.4 Å². The van der Waals surface area contributed by atoms with E-state index >= 15 is 0 Å². The van der Waals surface area contributed by atoms with Gasteiger partial charge in [0.25, 0.3) is 0 Å². The van der Waals surface area contributed by atoms with Crippen molar-refractivity contribution >= 4 is 11.4 Å². The van der Waals surface area contributed by atoms with Crippen molar-refractivity contribution in [2.24, 2.45) is 0 Å². The minimum absolute atomic E-state index is 0.994. The Labute approximate surface area is 128 Å². The Balaban J connectivity index is 1.69. The summed E-state index contributed by atoms with van der Waals surface area (Å²) < 4.78 is 0. The number of hydrogen-bond donors (Lipinski definition) is 2. The van der Waals surface area contributed by atoms with Crippen molar-refractivity contribution in [3.8, 4) is 0 Å². The van der Waals surface area contributed by atoms with Gasteiger partial charge in [0.15, 0.2) is 0 Å². The lowest BCUT2D eigenvalue weighted by molar-refractivity contribution is 0.908. The van der Waals surface area contributed by atoms with Gasteiger partial charge in [-0.15, -0.1) is 0 Å². The van der Waals surface area contributed by atoms with Gasteiger partial charge in [0.1, 0.15) is 0 Å². The zero-order valence-electron chi connectivity index (χ0n) is 13.2. The Hall–Kier alpha value is -1.96. The van der Waals surface area contributed by atoms with Crippen LogP contribution in [0, 0.1) is 0 Å². The third-order valence-electron chi connectivity index (χ3n) is 3.68. The van der Waals surface area contributed by atoms with Crippen LogP contribution in [-0.2, 0) is 12.8 Å². The molecule has 21 heavy (non-hydrogen) atoms. The molecule has 0 unspecified atom stereocenters. The molecule has 2 aromatic rings. The summed E-state index contributed by atoms with van der Waals surface area (Å²) in [5.74, 6) is 0. The zero-order chi connectivity index (χ0) is 14.9. The minimum Gasteiger partial charge on any atom is -0.385 e. The molecule has 0 spiro atoms.